The Kier molecular flexibility index (Phi) is 5.63. The van der Waals surface area contributed by atoms with Gasteiger partial charge in [-0.2, -0.15) is 4.98 Å². The SMILES string of the molecule is Nc1c2c(-c3cccc(F)c3F)nc(N3CCN(c4ccccc4)CC3)nc2nn1-c1cccc(F)c1. The van der Waals surface area contributed by atoms with E-state index in [1.807, 2.05) is 23.1 Å². The van der Waals surface area contributed by atoms with E-state index in [0.717, 1.165) is 24.8 Å². The molecule has 0 amide bonds. The third-order valence-corrected chi connectivity index (χ3v) is 6.50. The lowest BCUT2D eigenvalue weighted by molar-refractivity contribution is 0.511. The minimum atomic E-state index is -1.04. The summed E-state index contributed by atoms with van der Waals surface area (Å²) in [5, 5.41) is 4.76. The number of benzene rings is 3. The van der Waals surface area contributed by atoms with Gasteiger partial charge in [-0.1, -0.05) is 30.3 Å². The van der Waals surface area contributed by atoms with Gasteiger partial charge in [-0.05, 0) is 42.5 Å². The zero-order valence-electron chi connectivity index (χ0n) is 19.7. The fourth-order valence-electron chi connectivity index (χ4n) is 4.63. The molecule has 0 spiro atoms. The van der Waals surface area contributed by atoms with Gasteiger partial charge in [-0.3, -0.25) is 0 Å². The van der Waals surface area contributed by atoms with E-state index in [-0.39, 0.29) is 28.1 Å². The lowest BCUT2D eigenvalue weighted by Gasteiger charge is -2.36. The van der Waals surface area contributed by atoms with Crippen molar-refractivity contribution in [3.8, 4) is 16.9 Å². The van der Waals surface area contributed by atoms with Crippen LogP contribution in [-0.2, 0) is 0 Å². The van der Waals surface area contributed by atoms with Crippen molar-refractivity contribution in [2.45, 2.75) is 0 Å². The summed E-state index contributed by atoms with van der Waals surface area (Å²) >= 11 is 0. The number of nitrogens with two attached hydrogens (primary N) is 1. The molecule has 6 rings (SSSR count). The molecule has 37 heavy (non-hydrogen) atoms. The Morgan fingerprint density at radius 3 is 2.19 bits per heavy atom. The van der Waals surface area contributed by atoms with Gasteiger partial charge in [0.15, 0.2) is 17.3 Å². The fraction of sp³-hybridized carbons (Fsp3) is 0.148. The van der Waals surface area contributed by atoms with Crippen molar-refractivity contribution in [1.29, 1.82) is 0 Å². The first-order chi connectivity index (χ1) is 18.0. The number of aromatic nitrogens is 4. The van der Waals surface area contributed by atoms with Crippen molar-refractivity contribution in [3.05, 3.63) is 90.2 Å². The number of piperazine rings is 1. The molecule has 3 aromatic carbocycles. The predicted molar refractivity (Wildman–Crippen MR) is 137 cm³/mol. The smallest absolute Gasteiger partial charge is 0.228 e. The van der Waals surface area contributed by atoms with Crippen LogP contribution >= 0.6 is 0 Å². The highest BCUT2D eigenvalue weighted by Crippen LogP contribution is 2.35. The molecule has 1 aliphatic rings. The number of hydrogen-bond donors (Lipinski definition) is 1. The maximum absolute atomic E-state index is 15.0. The van der Waals surface area contributed by atoms with Crippen molar-refractivity contribution in [2.75, 3.05) is 41.7 Å². The molecule has 0 radical (unpaired) electrons. The number of hydrogen-bond acceptors (Lipinski definition) is 6. The van der Waals surface area contributed by atoms with Gasteiger partial charge in [-0.15, -0.1) is 5.10 Å². The minimum absolute atomic E-state index is 0.0536. The van der Waals surface area contributed by atoms with Gasteiger partial charge in [0, 0.05) is 37.4 Å². The van der Waals surface area contributed by atoms with E-state index in [1.165, 1.54) is 35.0 Å². The lowest BCUT2D eigenvalue weighted by Crippen LogP contribution is -2.47. The molecule has 10 heteroatoms. The van der Waals surface area contributed by atoms with Crippen molar-refractivity contribution in [3.63, 3.8) is 0 Å². The van der Waals surface area contributed by atoms with Crippen LogP contribution in [0.4, 0.5) is 30.6 Å². The van der Waals surface area contributed by atoms with Crippen LogP contribution in [0.2, 0.25) is 0 Å². The molecule has 2 aromatic heterocycles. The predicted octanol–water partition coefficient (Wildman–Crippen LogP) is 4.81. The van der Waals surface area contributed by atoms with Crippen LogP contribution in [0.1, 0.15) is 0 Å². The Balaban J connectivity index is 1.46. The topological polar surface area (TPSA) is 76.1 Å². The highest BCUT2D eigenvalue weighted by molar-refractivity contribution is 5.99. The summed E-state index contributed by atoms with van der Waals surface area (Å²) < 4.78 is 44.4. The number of fused-ring (bicyclic) bond motifs is 1. The Morgan fingerprint density at radius 2 is 1.43 bits per heavy atom. The van der Waals surface area contributed by atoms with E-state index in [2.05, 4.69) is 32.1 Å². The van der Waals surface area contributed by atoms with Gasteiger partial charge >= 0.3 is 0 Å². The van der Waals surface area contributed by atoms with Crippen LogP contribution in [0.15, 0.2) is 72.8 Å². The van der Waals surface area contributed by atoms with Crippen LogP contribution in [0, 0.1) is 17.5 Å². The molecule has 0 aliphatic carbocycles. The zero-order chi connectivity index (χ0) is 25.5. The number of anilines is 3. The highest BCUT2D eigenvalue weighted by Gasteiger charge is 2.26. The van der Waals surface area contributed by atoms with Gasteiger partial charge in [0.2, 0.25) is 5.95 Å². The standard InChI is InChI=1S/C27H22F3N7/c28-17-6-4-9-19(16-17)37-25(31)22-24(20-10-5-11-21(29)23(20)30)32-27(33-26(22)34-37)36-14-12-35(13-15-36)18-7-2-1-3-8-18/h1-11,16H,12-15,31H2. The van der Waals surface area contributed by atoms with Crippen LogP contribution in [0.3, 0.4) is 0 Å². The molecule has 3 heterocycles. The molecule has 5 aromatic rings. The van der Waals surface area contributed by atoms with E-state index in [0.29, 0.717) is 24.7 Å². The Hall–Kier alpha value is -4.60. The first-order valence-corrected chi connectivity index (χ1v) is 11.8. The first kappa shape index (κ1) is 22.8. The second-order valence-corrected chi connectivity index (χ2v) is 8.76. The molecular weight excluding hydrogens is 479 g/mol. The van der Waals surface area contributed by atoms with Gasteiger partial charge in [0.05, 0.1) is 16.8 Å². The van der Waals surface area contributed by atoms with Crippen LogP contribution in [0.5, 0.6) is 0 Å². The molecule has 186 valence electrons. The van der Waals surface area contributed by atoms with Gasteiger partial charge in [0.1, 0.15) is 11.6 Å². The number of nitrogen functional groups attached to an aromatic ring is 1. The van der Waals surface area contributed by atoms with E-state index >= 15 is 0 Å². The molecule has 0 atom stereocenters. The second-order valence-electron chi connectivity index (χ2n) is 8.76. The maximum atomic E-state index is 15.0. The third-order valence-electron chi connectivity index (χ3n) is 6.50. The van der Waals surface area contributed by atoms with E-state index in [9.17, 15) is 13.2 Å². The Morgan fingerprint density at radius 1 is 0.730 bits per heavy atom. The molecule has 0 saturated carbocycles. The Labute approximate surface area is 210 Å². The molecule has 2 N–H and O–H groups in total. The molecule has 1 fully saturated rings. The first-order valence-electron chi connectivity index (χ1n) is 11.8. The van der Waals surface area contributed by atoms with Gasteiger partial charge in [-0.25, -0.2) is 22.8 Å². The Bertz CT molecular complexity index is 1600. The van der Waals surface area contributed by atoms with Crippen LogP contribution in [0.25, 0.3) is 28.0 Å². The van der Waals surface area contributed by atoms with E-state index in [4.69, 9.17) is 5.73 Å². The zero-order valence-corrected chi connectivity index (χ0v) is 19.7. The van der Waals surface area contributed by atoms with E-state index < -0.39 is 17.5 Å². The van der Waals surface area contributed by atoms with Crippen molar-refractivity contribution < 1.29 is 13.2 Å². The molecule has 7 nitrogen and oxygen atoms in total. The molecule has 0 unspecified atom stereocenters. The average Bonchev–Trinajstić information content (AvgIpc) is 3.27. The highest BCUT2D eigenvalue weighted by atomic mass is 19.2. The van der Waals surface area contributed by atoms with Crippen molar-refractivity contribution >= 4 is 28.5 Å². The summed E-state index contributed by atoms with van der Waals surface area (Å²) in [6.07, 6.45) is 0. The molecule has 1 aliphatic heterocycles. The number of halogens is 3. The number of rotatable bonds is 4. The summed E-state index contributed by atoms with van der Waals surface area (Å²) in [6, 6.07) is 19.8. The third kappa shape index (κ3) is 4.10. The second kappa shape index (κ2) is 9.12. The van der Waals surface area contributed by atoms with Crippen LogP contribution in [-0.4, -0.2) is 45.9 Å². The quantitative estimate of drug-likeness (QED) is 0.381. The monoisotopic (exact) mass is 501 g/mol. The summed E-state index contributed by atoms with van der Waals surface area (Å²) in [4.78, 5) is 13.5. The minimum Gasteiger partial charge on any atom is -0.383 e. The summed E-state index contributed by atoms with van der Waals surface area (Å²) in [6.45, 7) is 2.70. The normalized spacial score (nSPS) is 13.9. The summed E-state index contributed by atoms with van der Waals surface area (Å²) in [5.74, 6) is -2.07. The number of para-hydroxylation sites is 1. The average molecular weight is 502 g/mol. The van der Waals surface area contributed by atoms with Crippen molar-refractivity contribution in [2.24, 2.45) is 0 Å². The largest absolute Gasteiger partial charge is 0.383 e. The molecule has 1 saturated heterocycles. The van der Waals surface area contributed by atoms with E-state index in [1.54, 1.807) is 6.07 Å². The summed E-state index contributed by atoms with van der Waals surface area (Å²) in [7, 11) is 0. The molecular formula is C27H22F3N7. The van der Waals surface area contributed by atoms with Gasteiger partial charge in [0.25, 0.3) is 0 Å². The molecule has 0 bridgehead atoms. The van der Waals surface area contributed by atoms with Gasteiger partial charge < -0.3 is 15.5 Å². The fourth-order valence-corrected chi connectivity index (χ4v) is 4.63. The summed E-state index contributed by atoms with van der Waals surface area (Å²) in [5.41, 5.74) is 8.20. The van der Waals surface area contributed by atoms with Crippen LogP contribution < -0.4 is 15.5 Å². The lowest BCUT2D eigenvalue weighted by atomic mass is 10.1. The van der Waals surface area contributed by atoms with Crippen molar-refractivity contribution in [1.82, 2.24) is 19.7 Å². The number of nitrogens with zero attached hydrogens (tertiary/aromatic N) is 6. The maximum Gasteiger partial charge on any atom is 0.228 e.